The first-order chi connectivity index (χ1) is 13.4. The van der Waals surface area contributed by atoms with Gasteiger partial charge in [-0.1, -0.05) is 11.6 Å². The highest BCUT2D eigenvalue weighted by molar-refractivity contribution is 7.80. The molecule has 1 fully saturated rings. The zero-order valence-electron chi connectivity index (χ0n) is 16.1. The number of esters is 1. The van der Waals surface area contributed by atoms with Gasteiger partial charge in [-0.05, 0) is 37.7 Å². The van der Waals surface area contributed by atoms with Crippen molar-refractivity contribution in [2.45, 2.75) is 19.8 Å². The van der Waals surface area contributed by atoms with Crippen LogP contribution in [0.1, 0.15) is 30.1 Å². The summed E-state index contributed by atoms with van der Waals surface area (Å²) in [5.41, 5.74) is 0.235. The van der Waals surface area contributed by atoms with E-state index in [2.05, 4.69) is 5.32 Å². The Morgan fingerprint density at radius 1 is 1.21 bits per heavy atom. The number of amides is 1. The van der Waals surface area contributed by atoms with Gasteiger partial charge in [-0.15, -0.1) is 0 Å². The number of hydrogen-bond donors (Lipinski definition) is 1. The molecule has 0 bridgehead atoms. The van der Waals surface area contributed by atoms with E-state index in [0.29, 0.717) is 42.1 Å². The van der Waals surface area contributed by atoms with Crippen LogP contribution in [0.3, 0.4) is 0 Å². The van der Waals surface area contributed by atoms with Crippen molar-refractivity contribution in [2.75, 3.05) is 40.5 Å². The van der Waals surface area contributed by atoms with Crippen LogP contribution in [0.15, 0.2) is 12.1 Å². The minimum atomic E-state index is -0.330. The Hall–Kier alpha value is -2.26. The topological polar surface area (TPSA) is 80.3 Å². The van der Waals surface area contributed by atoms with Crippen LogP contribution in [0.2, 0.25) is 5.02 Å². The van der Waals surface area contributed by atoms with Crippen LogP contribution < -0.4 is 14.8 Å². The molecule has 0 aliphatic carbocycles. The van der Waals surface area contributed by atoms with Crippen LogP contribution in [-0.4, -0.2) is 67.5 Å². The summed E-state index contributed by atoms with van der Waals surface area (Å²) < 4.78 is 15.5. The highest BCUT2D eigenvalue weighted by atomic mass is 35.5. The molecular weight excluding hydrogens is 406 g/mol. The number of nitrogens with one attached hydrogen (secondary N) is 1. The van der Waals surface area contributed by atoms with Crippen molar-refractivity contribution < 1.29 is 23.8 Å². The first-order valence-corrected chi connectivity index (χ1v) is 9.66. The molecule has 0 spiro atoms. The average molecular weight is 430 g/mol. The normalized spacial score (nSPS) is 13.3. The van der Waals surface area contributed by atoms with Gasteiger partial charge in [-0.25, -0.2) is 5.01 Å². The molecule has 1 N–H and O–H groups in total. The van der Waals surface area contributed by atoms with E-state index in [-0.39, 0.29) is 29.6 Å². The van der Waals surface area contributed by atoms with Gasteiger partial charge in [0.2, 0.25) is 0 Å². The third-order valence-corrected chi connectivity index (χ3v) is 4.77. The van der Waals surface area contributed by atoms with E-state index >= 15 is 0 Å². The largest absolute Gasteiger partial charge is 0.496 e. The number of ether oxygens (including phenoxy) is 3. The molecule has 2 rings (SSSR count). The Bertz CT molecular complexity index is 746. The summed E-state index contributed by atoms with van der Waals surface area (Å²) in [6, 6.07) is 3.23. The summed E-state index contributed by atoms with van der Waals surface area (Å²) in [5, 5.41) is 6.86. The number of methoxy groups -OCH3 is 2. The molecule has 0 saturated carbocycles. The van der Waals surface area contributed by atoms with Crippen molar-refractivity contribution in [1.82, 2.24) is 15.3 Å². The second-order valence-corrected chi connectivity index (χ2v) is 6.64. The fourth-order valence-electron chi connectivity index (χ4n) is 2.87. The van der Waals surface area contributed by atoms with Gasteiger partial charge >= 0.3 is 5.97 Å². The number of halogens is 1. The fourth-order valence-corrected chi connectivity index (χ4v) is 3.40. The van der Waals surface area contributed by atoms with E-state index in [0.717, 1.165) is 6.42 Å². The van der Waals surface area contributed by atoms with Crippen LogP contribution in [0.4, 0.5) is 0 Å². The number of hydrogen-bond acceptors (Lipinski definition) is 6. The lowest BCUT2D eigenvalue weighted by molar-refractivity contribution is -0.142. The number of rotatable bonds is 7. The quantitative estimate of drug-likeness (QED) is 0.522. The maximum Gasteiger partial charge on any atom is 0.307 e. The zero-order valence-corrected chi connectivity index (χ0v) is 17.7. The lowest BCUT2D eigenvalue weighted by Gasteiger charge is -2.31. The van der Waals surface area contributed by atoms with Gasteiger partial charge in [0.05, 0.1) is 32.3 Å². The molecule has 154 valence electrons. The number of benzene rings is 1. The second-order valence-electron chi connectivity index (χ2n) is 5.85. The summed E-state index contributed by atoms with van der Waals surface area (Å²) in [6.45, 7) is 3.46. The monoisotopic (exact) mass is 429 g/mol. The third kappa shape index (κ3) is 4.96. The highest BCUT2D eigenvalue weighted by Crippen LogP contribution is 2.37. The van der Waals surface area contributed by atoms with Crippen molar-refractivity contribution in [1.29, 1.82) is 0 Å². The molecule has 1 amide bonds. The van der Waals surface area contributed by atoms with Crippen molar-refractivity contribution in [2.24, 2.45) is 0 Å². The number of carbonyl (C=O) groups excluding carboxylic acids is 2. The summed E-state index contributed by atoms with van der Waals surface area (Å²) in [6.07, 6.45) is 0.933. The lowest BCUT2D eigenvalue weighted by atomic mass is 10.1. The van der Waals surface area contributed by atoms with E-state index < -0.39 is 0 Å². The smallest absolute Gasteiger partial charge is 0.307 e. The Balaban J connectivity index is 2.14. The molecule has 8 nitrogen and oxygen atoms in total. The minimum absolute atomic E-state index is 0.186. The molecule has 0 aromatic heterocycles. The van der Waals surface area contributed by atoms with Crippen molar-refractivity contribution >= 4 is 40.8 Å². The molecule has 0 radical (unpaired) electrons. The van der Waals surface area contributed by atoms with E-state index in [1.807, 2.05) is 0 Å². The van der Waals surface area contributed by atoms with E-state index in [1.54, 1.807) is 24.1 Å². The standard InChI is InChI=1S/C18H24ClN3O5S/c1-4-27-14(23)8-9-20-18(28)22-11-5-10-21(22)17(24)15-13(25-2)7-6-12(19)16(15)26-3/h6-7H,4-5,8-11H2,1-3H3,(H,20,28). The summed E-state index contributed by atoms with van der Waals surface area (Å²) in [5.74, 6) is -0.0258. The Labute approximate surface area is 174 Å². The van der Waals surface area contributed by atoms with Crippen molar-refractivity contribution in [3.05, 3.63) is 22.7 Å². The van der Waals surface area contributed by atoms with E-state index in [1.165, 1.54) is 19.2 Å². The van der Waals surface area contributed by atoms with Crippen LogP contribution in [0.25, 0.3) is 0 Å². The van der Waals surface area contributed by atoms with Gasteiger partial charge in [0.25, 0.3) is 5.91 Å². The molecule has 0 unspecified atom stereocenters. The summed E-state index contributed by atoms with van der Waals surface area (Å²) in [4.78, 5) is 24.7. The number of nitrogens with zero attached hydrogens (tertiary/aromatic N) is 2. The first-order valence-electron chi connectivity index (χ1n) is 8.87. The summed E-state index contributed by atoms with van der Waals surface area (Å²) in [7, 11) is 2.92. The molecule has 1 saturated heterocycles. The maximum atomic E-state index is 13.2. The van der Waals surface area contributed by atoms with Gasteiger partial charge in [0.1, 0.15) is 11.3 Å². The van der Waals surface area contributed by atoms with E-state index in [9.17, 15) is 9.59 Å². The predicted molar refractivity (Wildman–Crippen MR) is 109 cm³/mol. The molecule has 1 heterocycles. The van der Waals surface area contributed by atoms with Crippen LogP contribution in [-0.2, 0) is 9.53 Å². The Kier molecular flexibility index (Phi) is 8.13. The van der Waals surface area contributed by atoms with E-state index in [4.69, 9.17) is 38.0 Å². The molecule has 1 aromatic rings. The molecule has 28 heavy (non-hydrogen) atoms. The number of carbonyl (C=O) groups is 2. The second kappa shape index (κ2) is 10.3. The Morgan fingerprint density at radius 2 is 1.93 bits per heavy atom. The third-order valence-electron chi connectivity index (χ3n) is 4.12. The van der Waals surface area contributed by atoms with Crippen LogP contribution in [0.5, 0.6) is 11.5 Å². The van der Waals surface area contributed by atoms with Gasteiger partial charge in [-0.2, -0.15) is 0 Å². The predicted octanol–water partition coefficient (Wildman–Crippen LogP) is 2.25. The minimum Gasteiger partial charge on any atom is -0.496 e. The van der Waals surface area contributed by atoms with Crippen molar-refractivity contribution in [3.63, 3.8) is 0 Å². The van der Waals surface area contributed by atoms with Crippen LogP contribution in [0, 0.1) is 0 Å². The lowest BCUT2D eigenvalue weighted by Crippen LogP contribution is -2.49. The van der Waals surface area contributed by atoms with Gasteiger partial charge in [0, 0.05) is 19.6 Å². The van der Waals surface area contributed by atoms with Crippen molar-refractivity contribution in [3.8, 4) is 11.5 Å². The van der Waals surface area contributed by atoms with Gasteiger partial charge in [0.15, 0.2) is 10.9 Å². The summed E-state index contributed by atoms with van der Waals surface area (Å²) >= 11 is 11.6. The first kappa shape index (κ1) is 22.0. The highest BCUT2D eigenvalue weighted by Gasteiger charge is 2.33. The number of thiocarbonyl (C=S) groups is 1. The fraction of sp³-hybridized carbons (Fsp3) is 0.500. The Morgan fingerprint density at radius 3 is 2.57 bits per heavy atom. The average Bonchev–Trinajstić information content (AvgIpc) is 3.17. The van der Waals surface area contributed by atoms with Crippen LogP contribution >= 0.6 is 23.8 Å². The molecule has 0 atom stereocenters. The maximum absolute atomic E-state index is 13.2. The molecular formula is C18H24ClN3O5S. The van der Waals surface area contributed by atoms with Gasteiger partial charge < -0.3 is 19.5 Å². The molecule has 1 aromatic carbocycles. The zero-order chi connectivity index (χ0) is 20.7. The molecule has 1 aliphatic heterocycles. The van der Waals surface area contributed by atoms with Gasteiger partial charge in [-0.3, -0.25) is 14.6 Å². The molecule has 10 heteroatoms. The molecule has 1 aliphatic rings. The SMILES string of the molecule is CCOC(=O)CCNC(=S)N1CCCN1C(=O)c1c(OC)ccc(Cl)c1OC. The number of hydrazine groups is 1.